The van der Waals surface area contributed by atoms with E-state index < -0.39 is 4.92 Å². The predicted octanol–water partition coefficient (Wildman–Crippen LogP) is 4.25. The molecule has 2 aromatic rings. The first kappa shape index (κ1) is 13.7. The second-order valence-electron chi connectivity index (χ2n) is 3.81. The molecule has 2 rings (SSSR count). The van der Waals surface area contributed by atoms with Crippen LogP contribution in [0, 0.1) is 10.1 Å². The van der Waals surface area contributed by atoms with Crippen LogP contribution in [0.25, 0.3) is 0 Å². The number of nitrogens with zero attached hydrogens (tertiary/aromatic N) is 1. The van der Waals surface area contributed by atoms with Crippen molar-refractivity contribution in [1.82, 2.24) is 0 Å². The summed E-state index contributed by atoms with van der Waals surface area (Å²) >= 11 is 7.31. The minimum atomic E-state index is -0.414. The van der Waals surface area contributed by atoms with Crippen LogP contribution in [0.15, 0.2) is 47.4 Å². The molecule has 0 amide bonds. The number of rotatable bonds is 4. The molecule has 0 unspecified atom stereocenters. The van der Waals surface area contributed by atoms with Crippen molar-refractivity contribution in [1.29, 1.82) is 0 Å². The van der Waals surface area contributed by atoms with Crippen molar-refractivity contribution in [3.63, 3.8) is 0 Å². The lowest BCUT2D eigenvalue weighted by molar-refractivity contribution is -0.385. The molecule has 0 bridgehead atoms. The van der Waals surface area contributed by atoms with E-state index in [0.29, 0.717) is 16.3 Å². The number of phenolic OH excluding ortho intramolecular Hbond substituents is 1. The van der Waals surface area contributed by atoms with E-state index in [1.807, 2.05) is 0 Å². The normalized spacial score (nSPS) is 10.4. The van der Waals surface area contributed by atoms with E-state index in [9.17, 15) is 15.2 Å². The van der Waals surface area contributed by atoms with Crippen LogP contribution in [0.1, 0.15) is 5.56 Å². The molecule has 1 N–H and O–H groups in total. The molecule has 0 saturated carbocycles. The van der Waals surface area contributed by atoms with Gasteiger partial charge in [-0.25, -0.2) is 0 Å². The molecule has 2 aromatic carbocycles. The zero-order chi connectivity index (χ0) is 13.8. The van der Waals surface area contributed by atoms with Crippen LogP contribution in [0.4, 0.5) is 5.69 Å². The van der Waals surface area contributed by atoms with Crippen molar-refractivity contribution in [2.75, 3.05) is 0 Å². The van der Waals surface area contributed by atoms with Gasteiger partial charge < -0.3 is 5.11 Å². The third kappa shape index (κ3) is 3.62. The van der Waals surface area contributed by atoms with Crippen LogP contribution in [-0.4, -0.2) is 10.0 Å². The number of halogens is 1. The fourth-order valence-electron chi connectivity index (χ4n) is 1.55. The van der Waals surface area contributed by atoms with E-state index in [4.69, 9.17) is 11.6 Å². The highest BCUT2D eigenvalue weighted by Crippen LogP contribution is 2.30. The lowest BCUT2D eigenvalue weighted by atomic mass is 10.2. The Morgan fingerprint density at radius 3 is 2.53 bits per heavy atom. The molecule has 0 fully saturated rings. The lowest BCUT2D eigenvalue weighted by Crippen LogP contribution is -1.94. The van der Waals surface area contributed by atoms with E-state index >= 15 is 0 Å². The lowest BCUT2D eigenvalue weighted by Gasteiger charge is -2.04. The average Bonchev–Trinajstić information content (AvgIpc) is 2.38. The first-order chi connectivity index (χ1) is 9.06. The van der Waals surface area contributed by atoms with Crippen LogP contribution < -0.4 is 0 Å². The average molecular weight is 296 g/mol. The first-order valence-electron chi connectivity index (χ1n) is 5.41. The second-order valence-corrected chi connectivity index (χ2v) is 5.30. The number of thioether (sulfide) groups is 1. The minimum Gasteiger partial charge on any atom is -0.508 e. The highest BCUT2D eigenvalue weighted by molar-refractivity contribution is 7.98. The molecule has 0 aliphatic heterocycles. The molecule has 0 aromatic heterocycles. The van der Waals surface area contributed by atoms with Gasteiger partial charge in [0.05, 0.1) is 4.92 Å². The molecule has 0 aliphatic carbocycles. The maximum atomic E-state index is 10.9. The summed E-state index contributed by atoms with van der Waals surface area (Å²) in [5, 5.41) is 20.6. The van der Waals surface area contributed by atoms with Crippen LogP contribution in [0.3, 0.4) is 0 Å². The smallest absolute Gasteiger partial charge is 0.273 e. The molecule has 0 atom stereocenters. The van der Waals surface area contributed by atoms with Gasteiger partial charge in [0, 0.05) is 27.3 Å². The Bertz CT molecular complexity index is 601. The molecular formula is C13H10ClNO3S. The fourth-order valence-corrected chi connectivity index (χ4v) is 2.63. The Balaban J connectivity index is 2.16. The molecule has 19 heavy (non-hydrogen) atoms. The predicted molar refractivity (Wildman–Crippen MR) is 75.8 cm³/mol. The van der Waals surface area contributed by atoms with Crippen LogP contribution >= 0.6 is 23.4 Å². The van der Waals surface area contributed by atoms with E-state index in [1.54, 1.807) is 30.3 Å². The van der Waals surface area contributed by atoms with Gasteiger partial charge in [-0.05, 0) is 36.4 Å². The van der Waals surface area contributed by atoms with E-state index in [1.165, 1.54) is 23.9 Å². The molecule has 0 spiro atoms. The molecule has 98 valence electrons. The molecule has 0 saturated heterocycles. The zero-order valence-corrected chi connectivity index (χ0v) is 11.3. The monoisotopic (exact) mass is 295 g/mol. The van der Waals surface area contributed by atoms with Gasteiger partial charge in [-0.1, -0.05) is 11.6 Å². The maximum Gasteiger partial charge on any atom is 0.273 e. The van der Waals surface area contributed by atoms with Crippen molar-refractivity contribution in [2.24, 2.45) is 0 Å². The van der Waals surface area contributed by atoms with Crippen molar-refractivity contribution in [3.05, 3.63) is 63.2 Å². The number of aromatic hydroxyl groups is 1. The van der Waals surface area contributed by atoms with Gasteiger partial charge in [0.2, 0.25) is 0 Å². The van der Waals surface area contributed by atoms with E-state index in [2.05, 4.69) is 0 Å². The summed E-state index contributed by atoms with van der Waals surface area (Å²) in [7, 11) is 0. The summed E-state index contributed by atoms with van der Waals surface area (Å²) in [4.78, 5) is 11.4. The Labute approximate surface area is 119 Å². The molecule has 6 heteroatoms. The van der Waals surface area contributed by atoms with Crippen LogP contribution in [-0.2, 0) is 5.75 Å². The van der Waals surface area contributed by atoms with Crippen molar-refractivity contribution >= 4 is 29.1 Å². The van der Waals surface area contributed by atoms with Gasteiger partial charge in [-0.15, -0.1) is 11.8 Å². The Kier molecular flexibility index (Phi) is 4.29. The number of phenols is 1. The van der Waals surface area contributed by atoms with E-state index in [0.717, 1.165) is 4.90 Å². The Morgan fingerprint density at radius 2 is 1.89 bits per heavy atom. The summed E-state index contributed by atoms with van der Waals surface area (Å²) in [6.45, 7) is 0. The second kappa shape index (κ2) is 5.95. The van der Waals surface area contributed by atoms with Crippen LogP contribution in [0.2, 0.25) is 5.02 Å². The highest BCUT2D eigenvalue weighted by Gasteiger charge is 2.13. The number of nitro benzene ring substituents is 1. The molecule has 0 heterocycles. The third-order valence-corrected chi connectivity index (χ3v) is 3.77. The summed E-state index contributed by atoms with van der Waals surface area (Å²) < 4.78 is 0. The summed E-state index contributed by atoms with van der Waals surface area (Å²) in [5.41, 5.74) is 0.645. The van der Waals surface area contributed by atoms with Gasteiger partial charge >= 0.3 is 0 Å². The standard InChI is InChI=1S/C13H10ClNO3S/c14-10-1-6-13(15(17)18)9(7-10)8-19-12-4-2-11(16)3-5-12/h1-7,16H,8H2. The SMILES string of the molecule is O=[N+]([O-])c1ccc(Cl)cc1CSc1ccc(O)cc1. The molecule has 0 aliphatic rings. The summed E-state index contributed by atoms with van der Waals surface area (Å²) in [5.74, 6) is 0.639. The summed E-state index contributed by atoms with van der Waals surface area (Å²) in [6, 6.07) is 11.2. The Hall–Kier alpha value is -1.72. The first-order valence-corrected chi connectivity index (χ1v) is 6.77. The van der Waals surface area contributed by atoms with Crippen molar-refractivity contribution < 1.29 is 10.0 Å². The largest absolute Gasteiger partial charge is 0.508 e. The fraction of sp³-hybridized carbons (Fsp3) is 0.0769. The maximum absolute atomic E-state index is 10.9. The minimum absolute atomic E-state index is 0.0654. The van der Waals surface area contributed by atoms with Gasteiger partial charge in [0.1, 0.15) is 5.75 Å². The Morgan fingerprint density at radius 1 is 1.21 bits per heavy atom. The van der Waals surface area contributed by atoms with E-state index in [-0.39, 0.29) is 11.4 Å². The van der Waals surface area contributed by atoms with Gasteiger partial charge in [0.25, 0.3) is 5.69 Å². The molecular weight excluding hydrogens is 286 g/mol. The van der Waals surface area contributed by atoms with Gasteiger partial charge in [-0.2, -0.15) is 0 Å². The van der Waals surface area contributed by atoms with Gasteiger partial charge in [-0.3, -0.25) is 10.1 Å². The number of nitro groups is 1. The third-order valence-electron chi connectivity index (χ3n) is 2.47. The zero-order valence-electron chi connectivity index (χ0n) is 9.75. The number of hydrogen-bond acceptors (Lipinski definition) is 4. The van der Waals surface area contributed by atoms with Gasteiger partial charge in [0.15, 0.2) is 0 Å². The molecule has 4 nitrogen and oxygen atoms in total. The highest BCUT2D eigenvalue weighted by atomic mass is 35.5. The topological polar surface area (TPSA) is 63.4 Å². The van der Waals surface area contributed by atoms with Crippen LogP contribution in [0.5, 0.6) is 5.75 Å². The number of hydrogen-bond donors (Lipinski definition) is 1. The molecule has 0 radical (unpaired) electrons. The van der Waals surface area contributed by atoms with Crippen molar-refractivity contribution in [2.45, 2.75) is 10.6 Å². The summed E-state index contributed by atoms with van der Waals surface area (Å²) in [6.07, 6.45) is 0. The number of benzene rings is 2. The van der Waals surface area contributed by atoms with Crippen molar-refractivity contribution in [3.8, 4) is 5.75 Å². The quantitative estimate of drug-likeness (QED) is 0.520.